The van der Waals surface area contributed by atoms with Crippen LogP contribution in [0.2, 0.25) is 0 Å². The van der Waals surface area contributed by atoms with Crippen molar-refractivity contribution in [3.8, 4) is 16.9 Å². The fourth-order valence-corrected chi connectivity index (χ4v) is 3.59. The average Bonchev–Trinajstić information content (AvgIpc) is 2.75. The first-order chi connectivity index (χ1) is 11.6. The molecule has 1 saturated heterocycles. The second kappa shape index (κ2) is 5.12. The second-order valence-electron chi connectivity index (χ2n) is 8.47. The van der Waals surface area contributed by atoms with E-state index in [-0.39, 0.29) is 11.2 Å². The van der Waals surface area contributed by atoms with Gasteiger partial charge in [0.25, 0.3) is 0 Å². The van der Waals surface area contributed by atoms with Crippen LogP contribution in [0.4, 0.5) is 0 Å². The molecule has 2 aliphatic rings. The lowest BCUT2D eigenvalue weighted by Crippen LogP contribution is -2.41. The Kier molecular flexibility index (Phi) is 3.42. The van der Waals surface area contributed by atoms with E-state index in [9.17, 15) is 0 Å². The lowest BCUT2D eigenvalue weighted by atomic mass is 9.75. The topological polar surface area (TPSA) is 27.7 Å². The van der Waals surface area contributed by atoms with Crippen molar-refractivity contribution in [2.75, 3.05) is 0 Å². The maximum atomic E-state index is 6.47. The van der Waals surface area contributed by atoms with Gasteiger partial charge >= 0.3 is 7.12 Å². The molecule has 0 bridgehead atoms. The van der Waals surface area contributed by atoms with Gasteiger partial charge in [-0.1, -0.05) is 42.5 Å². The van der Waals surface area contributed by atoms with Gasteiger partial charge in [0.2, 0.25) is 0 Å². The van der Waals surface area contributed by atoms with Crippen molar-refractivity contribution < 1.29 is 14.0 Å². The molecule has 0 radical (unpaired) electrons. The minimum atomic E-state index is -0.430. The first kappa shape index (κ1) is 16.7. The Morgan fingerprint density at radius 3 is 2.00 bits per heavy atom. The molecule has 2 heterocycles. The maximum Gasteiger partial charge on any atom is 0.498 e. The lowest BCUT2D eigenvalue weighted by Gasteiger charge is -2.36. The molecule has 0 amide bonds. The number of ether oxygens (including phenoxy) is 1. The third kappa shape index (κ3) is 2.43. The van der Waals surface area contributed by atoms with Gasteiger partial charge < -0.3 is 14.0 Å². The summed E-state index contributed by atoms with van der Waals surface area (Å²) in [6.07, 6.45) is 0. The molecule has 1 fully saturated rings. The van der Waals surface area contributed by atoms with Gasteiger partial charge in [0.05, 0.1) is 11.2 Å². The molecule has 0 spiro atoms. The summed E-state index contributed by atoms with van der Waals surface area (Å²) in [5.41, 5.74) is 3.33. The Balaban J connectivity index is 1.86. The quantitative estimate of drug-likeness (QED) is 0.728. The molecule has 130 valence electrons. The largest absolute Gasteiger partial charge is 0.498 e. The van der Waals surface area contributed by atoms with E-state index in [4.69, 9.17) is 14.0 Å². The van der Waals surface area contributed by atoms with Crippen LogP contribution in [0.25, 0.3) is 11.1 Å². The Morgan fingerprint density at radius 2 is 1.32 bits per heavy atom. The highest BCUT2D eigenvalue weighted by molar-refractivity contribution is 6.63. The molecule has 0 aromatic heterocycles. The van der Waals surface area contributed by atoms with Crippen molar-refractivity contribution in [2.45, 2.75) is 58.3 Å². The second-order valence-corrected chi connectivity index (χ2v) is 8.47. The van der Waals surface area contributed by atoms with Gasteiger partial charge in [0.15, 0.2) is 0 Å². The van der Waals surface area contributed by atoms with Crippen LogP contribution in [0.3, 0.4) is 0 Å². The Morgan fingerprint density at radius 1 is 0.720 bits per heavy atom. The summed E-state index contributed by atoms with van der Waals surface area (Å²) in [6, 6.07) is 14.6. The molecule has 4 heteroatoms. The summed E-state index contributed by atoms with van der Waals surface area (Å²) in [5, 5.41) is 0. The normalized spacial score (nSPS) is 22.1. The average molecular weight is 336 g/mol. The predicted molar refractivity (Wildman–Crippen MR) is 101 cm³/mol. The molecule has 0 saturated carbocycles. The SMILES string of the molecule is CC1(C)Oc2c(B3OC(C)(C)C(C)(C)O3)cccc2-c2ccccc21. The van der Waals surface area contributed by atoms with Gasteiger partial charge in [-0.2, -0.15) is 0 Å². The minimum Gasteiger partial charge on any atom is -0.483 e. The first-order valence-corrected chi connectivity index (χ1v) is 8.90. The summed E-state index contributed by atoms with van der Waals surface area (Å²) in [5.74, 6) is 0.865. The van der Waals surface area contributed by atoms with E-state index in [1.54, 1.807) is 0 Å². The number of fused-ring (bicyclic) bond motifs is 3. The third-order valence-electron chi connectivity index (χ3n) is 5.78. The Bertz CT molecular complexity index is 823. The standard InChI is InChI=1S/C21H25BO3/c1-19(2)16-12-8-7-10-14(16)15-11-9-13-17(18(15)23-19)22-24-20(3,4)21(5,6)25-22/h7-13H,1-6H3. The number of hydrogen-bond acceptors (Lipinski definition) is 3. The number of rotatable bonds is 1. The van der Waals surface area contributed by atoms with Crippen LogP contribution in [0.15, 0.2) is 42.5 Å². The van der Waals surface area contributed by atoms with E-state index in [1.165, 1.54) is 11.1 Å². The van der Waals surface area contributed by atoms with E-state index >= 15 is 0 Å². The summed E-state index contributed by atoms with van der Waals surface area (Å²) in [4.78, 5) is 0. The van der Waals surface area contributed by atoms with Crippen molar-refractivity contribution in [2.24, 2.45) is 0 Å². The summed E-state index contributed by atoms with van der Waals surface area (Å²) >= 11 is 0. The van der Waals surface area contributed by atoms with Crippen LogP contribution in [-0.4, -0.2) is 18.3 Å². The van der Waals surface area contributed by atoms with Crippen molar-refractivity contribution in [3.63, 3.8) is 0 Å². The van der Waals surface area contributed by atoms with Gasteiger partial charge in [-0.3, -0.25) is 0 Å². The fourth-order valence-electron chi connectivity index (χ4n) is 3.59. The predicted octanol–water partition coefficient (Wildman–Crippen LogP) is 4.28. The number of hydrogen-bond donors (Lipinski definition) is 0. The number of benzene rings is 2. The Labute approximate surface area is 150 Å². The Hall–Kier alpha value is -1.78. The van der Waals surface area contributed by atoms with Crippen LogP contribution < -0.4 is 10.2 Å². The van der Waals surface area contributed by atoms with Gasteiger partial charge in [0, 0.05) is 16.6 Å². The monoisotopic (exact) mass is 336 g/mol. The molecule has 3 nitrogen and oxygen atoms in total. The lowest BCUT2D eigenvalue weighted by molar-refractivity contribution is 0.00578. The van der Waals surface area contributed by atoms with E-state index in [0.717, 1.165) is 16.8 Å². The highest BCUT2D eigenvalue weighted by Crippen LogP contribution is 2.45. The zero-order valence-corrected chi connectivity index (χ0v) is 15.8. The molecule has 2 aromatic rings. The van der Waals surface area contributed by atoms with Crippen LogP contribution in [0.1, 0.15) is 47.1 Å². The summed E-state index contributed by atoms with van der Waals surface area (Å²) in [7, 11) is -0.430. The molecular weight excluding hydrogens is 311 g/mol. The molecular formula is C21H25BO3. The third-order valence-corrected chi connectivity index (χ3v) is 5.78. The molecule has 0 unspecified atom stereocenters. The van der Waals surface area contributed by atoms with Crippen LogP contribution in [0, 0.1) is 0 Å². The van der Waals surface area contributed by atoms with E-state index < -0.39 is 12.7 Å². The summed E-state index contributed by atoms with van der Waals surface area (Å²) < 4.78 is 19.0. The fraction of sp³-hybridized carbons (Fsp3) is 0.429. The highest BCUT2D eigenvalue weighted by atomic mass is 16.7. The zero-order valence-electron chi connectivity index (χ0n) is 15.8. The van der Waals surface area contributed by atoms with Gasteiger partial charge in [-0.05, 0) is 47.1 Å². The van der Waals surface area contributed by atoms with Gasteiger partial charge in [-0.15, -0.1) is 0 Å². The van der Waals surface area contributed by atoms with E-state index in [2.05, 4.69) is 77.9 Å². The molecule has 25 heavy (non-hydrogen) atoms. The van der Waals surface area contributed by atoms with E-state index in [1.807, 2.05) is 6.07 Å². The zero-order chi connectivity index (χ0) is 18.0. The van der Waals surface area contributed by atoms with Crippen LogP contribution in [-0.2, 0) is 14.9 Å². The van der Waals surface area contributed by atoms with Crippen LogP contribution in [0.5, 0.6) is 5.75 Å². The van der Waals surface area contributed by atoms with Crippen molar-refractivity contribution in [1.82, 2.24) is 0 Å². The smallest absolute Gasteiger partial charge is 0.483 e. The van der Waals surface area contributed by atoms with Crippen molar-refractivity contribution >= 4 is 12.6 Å². The highest BCUT2D eigenvalue weighted by Gasteiger charge is 2.53. The summed E-state index contributed by atoms with van der Waals surface area (Å²) in [6.45, 7) is 12.5. The number of para-hydroxylation sites is 1. The van der Waals surface area contributed by atoms with Crippen molar-refractivity contribution in [3.05, 3.63) is 48.0 Å². The van der Waals surface area contributed by atoms with Gasteiger partial charge in [0.1, 0.15) is 11.4 Å². The molecule has 0 N–H and O–H groups in total. The first-order valence-electron chi connectivity index (χ1n) is 8.90. The van der Waals surface area contributed by atoms with Crippen LogP contribution >= 0.6 is 0 Å². The maximum absolute atomic E-state index is 6.47. The molecule has 2 aromatic carbocycles. The molecule has 2 aliphatic heterocycles. The van der Waals surface area contributed by atoms with Crippen molar-refractivity contribution in [1.29, 1.82) is 0 Å². The van der Waals surface area contributed by atoms with Gasteiger partial charge in [-0.25, -0.2) is 0 Å². The van der Waals surface area contributed by atoms with E-state index in [0.29, 0.717) is 0 Å². The molecule has 0 aliphatic carbocycles. The molecule has 4 rings (SSSR count). The minimum absolute atomic E-state index is 0.373. The molecule has 0 atom stereocenters.